The van der Waals surface area contributed by atoms with E-state index in [1.165, 1.54) is 0 Å². The largest absolute Gasteiger partial charge is 0.392 e. The summed E-state index contributed by atoms with van der Waals surface area (Å²) in [5.74, 6) is 0. The van der Waals surface area contributed by atoms with E-state index in [-0.39, 0.29) is 6.61 Å². The van der Waals surface area contributed by atoms with Crippen LogP contribution in [-0.4, -0.2) is 12.2 Å². The van der Waals surface area contributed by atoms with E-state index in [0.717, 1.165) is 5.69 Å². The summed E-state index contributed by atoms with van der Waals surface area (Å²) in [7, 11) is 1.80. The molecule has 0 radical (unpaired) electrons. The third kappa shape index (κ3) is 1.48. The summed E-state index contributed by atoms with van der Waals surface area (Å²) in [5.41, 5.74) is 1.55. The summed E-state index contributed by atoms with van der Waals surface area (Å²) in [6.07, 6.45) is 0. The van der Waals surface area contributed by atoms with Gasteiger partial charge in [-0.2, -0.15) is 0 Å². The molecule has 0 unspecified atom stereocenters. The molecule has 0 spiro atoms. The summed E-state index contributed by atoms with van der Waals surface area (Å²) in [4.78, 5) is 0. The lowest BCUT2D eigenvalue weighted by Crippen LogP contribution is -1.88. The van der Waals surface area contributed by atoms with Gasteiger partial charge in [-0.3, -0.25) is 0 Å². The Morgan fingerprint density at radius 1 is 1.60 bits per heavy atom. The van der Waals surface area contributed by atoms with Crippen molar-refractivity contribution >= 4 is 5.69 Å². The second kappa shape index (κ2) is 3.22. The molecule has 54 valence electrons. The lowest BCUT2D eigenvalue weighted by molar-refractivity contribution is 0.282. The Kier molecular flexibility index (Phi) is 1.85. The minimum Gasteiger partial charge on any atom is -0.392 e. The van der Waals surface area contributed by atoms with Gasteiger partial charge in [0.15, 0.2) is 0 Å². The highest BCUT2D eigenvalue weighted by Gasteiger charge is 1.88. The van der Waals surface area contributed by atoms with Crippen LogP contribution in [0.3, 0.4) is 0 Å². The number of hydrogen-bond donors (Lipinski definition) is 2. The quantitative estimate of drug-likeness (QED) is 0.644. The molecule has 0 saturated carbocycles. The standard InChI is InChI=1S/C8H11NO/c1-9-8-4-2-7(6-10)3-5-8/h2-5,9-10H,6H2,1H3/i2D. The van der Waals surface area contributed by atoms with Crippen LogP contribution in [0.1, 0.15) is 6.93 Å². The van der Waals surface area contributed by atoms with Crippen molar-refractivity contribution in [1.29, 1.82) is 0 Å². The molecule has 1 rings (SSSR count). The van der Waals surface area contributed by atoms with Crippen LogP contribution in [0.25, 0.3) is 0 Å². The highest BCUT2D eigenvalue weighted by Crippen LogP contribution is 2.07. The smallest absolute Gasteiger partial charge is 0.0681 e. The Morgan fingerprint density at radius 2 is 2.40 bits per heavy atom. The molecule has 0 aliphatic heterocycles. The van der Waals surface area contributed by atoms with E-state index < -0.39 is 0 Å². The van der Waals surface area contributed by atoms with Crippen molar-refractivity contribution in [3.63, 3.8) is 0 Å². The maximum Gasteiger partial charge on any atom is 0.0681 e. The van der Waals surface area contributed by atoms with Crippen molar-refractivity contribution < 1.29 is 6.48 Å². The number of aliphatic hydroxyl groups excluding tert-OH is 1. The van der Waals surface area contributed by atoms with E-state index in [0.29, 0.717) is 11.6 Å². The van der Waals surface area contributed by atoms with Gasteiger partial charge in [0.05, 0.1) is 7.98 Å². The fraction of sp³-hybridized carbons (Fsp3) is 0.250. The van der Waals surface area contributed by atoms with E-state index >= 15 is 0 Å². The van der Waals surface area contributed by atoms with E-state index in [1.807, 2.05) is 6.07 Å². The first-order valence-electron chi connectivity index (χ1n) is 3.66. The van der Waals surface area contributed by atoms with Gasteiger partial charge in [-0.1, -0.05) is 12.1 Å². The van der Waals surface area contributed by atoms with Crippen LogP contribution in [0.4, 0.5) is 5.69 Å². The second-order valence-corrected chi connectivity index (χ2v) is 2.01. The van der Waals surface area contributed by atoms with Gasteiger partial charge in [0.1, 0.15) is 0 Å². The second-order valence-electron chi connectivity index (χ2n) is 2.01. The predicted molar refractivity (Wildman–Crippen MR) is 41.9 cm³/mol. The van der Waals surface area contributed by atoms with Gasteiger partial charge in [-0.15, -0.1) is 0 Å². The first kappa shape index (κ1) is 5.74. The third-order valence-corrected chi connectivity index (χ3v) is 1.34. The summed E-state index contributed by atoms with van der Waals surface area (Å²) < 4.78 is 7.41. The van der Waals surface area contributed by atoms with Crippen LogP contribution >= 0.6 is 0 Å². The lowest BCUT2D eigenvalue weighted by Gasteiger charge is -1.99. The first-order valence-corrected chi connectivity index (χ1v) is 3.16. The van der Waals surface area contributed by atoms with Crippen LogP contribution in [0.5, 0.6) is 0 Å². The number of nitrogens with one attached hydrogen (secondary N) is 1. The Morgan fingerprint density at radius 3 is 2.90 bits per heavy atom. The molecule has 0 aromatic heterocycles. The SMILES string of the molecule is [2H]c1cc(NC)ccc1CO. The molecule has 10 heavy (non-hydrogen) atoms. The molecule has 1 aromatic rings. The van der Waals surface area contributed by atoms with Crippen molar-refractivity contribution in [3.8, 4) is 0 Å². The zero-order valence-corrected chi connectivity index (χ0v) is 5.89. The molecule has 0 fully saturated rings. The summed E-state index contributed by atoms with van der Waals surface area (Å²) in [6.45, 7) is -0.0666. The highest BCUT2D eigenvalue weighted by atomic mass is 16.3. The van der Waals surface area contributed by atoms with E-state index in [4.69, 9.17) is 6.48 Å². The summed E-state index contributed by atoms with van der Waals surface area (Å²) >= 11 is 0. The predicted octanol–water partition coefficient (Wildman–Crippen LogP) is 1.22. The van der Waals surface area contributed by atoms with Crippen LogP contribution in [0.15, 0.2) is 24.2 Å². The van der Waals surface area contributed by atoms with E-state index in [2.05, 4.69) is 5.32 Å². The van der Waals surface area contributed by atoms with Crippen molar-refractivity contribution in [2.75, 3.05) is 12.4 Å². The number of hydrogen-bond acceptors (Lipinski definition) is 2. The normalized spacial score (nSPS) is 10.8. The van der Waals surface area contributed by atoms with Crippen LogP contribution in [-0.2, 0) is 6.61 Å². The molecule has 2 N–H and O–H groups in total. The number of aliphatic hydroxyl groups is 1. The maximum atomic E-state index is 8.74. The number of rotatable bonds is 2. The zero-order chi connectivity index (χ0) is 8.27. The Labute approximate surface area is 61.9 Å². The van der Waals surface area contributed by atoms with Gasteiger partial charge >= 0.3 is 0 Å². The number of anilines is 1. The van der Waals surface area contributed by atoms with Gasteiger partial charge in [0, 0.05) is 12.7 Å². The van der Waals surface area contributed by atoms with Crippen molar-refractivity contribution in [2.24, 2.45) is 0 Å². The molecular weight excluding hydrogens is 126 g/mol. The highest BCUT2D eigenvalue weighted by molar-refractivity contribution is 5.43. The molecule has 0 heterocycles. The third-order valence-electron chi connectivity index (χ3n) is 1.34. The van der Waals surface area contributed by atoms with Crippen LogP contribution < -0.4 is 5.32 Å². The summed E-state index contributed by atoms with van der Waals surface area (Å²) in [5, 5.41) is 11.7. The van der Waals surface area contributed by atoms with Crippen molar-refractivity contribution in [2.45, 2.75) is 6.61 Å². The topological polar surface area (TPSA) is 32.3 Å². The van der Waals surface area contributed by atoms with E-state index in [9.17, 15) is 0 Å². The Bertz CT molecular complexity index is 250. The molecular formula is C8H11NO. The molecule has 0 aliphatic rings. The van der Waals surface area contributed by atoms with Gasteiger partial charge in [0.2, 0.25) is 0 Å². The molecule has 0 bridgehead atoms. The molecule has 1 aromatic carbocycles. The molecule has 0 aliphatic carbocycles. The van der Waals surface area contributed by atoms with Crippen molar-refractivity contribution in [3.05, 3.63) is 29.8 Å². The molecule has 2 heteroatoms. The minimum absolute atomic E-state index is 0.0666. The average Bonchev–Trinajstić information content (AvgIpc) is 2.04. The molecule has 2 nitrogen and oxygen atoms in total. The Balaban J connectivity index is 2.99. The zero-order valence-electron chi connectivity index (χ0n) is 6.89. The first-order chi connectivity index (χ1) is 5.27. The summed E-state index contributed by atoms with van der Waals surface area (Å²) in [6, 6.07) is 5.64. The maximum absolute atomic E-state index is 8.74. The van der Waals surface area contributed by atoms with Crippen LogP contribution in [0, 0.1) is 0 Å². The number of benzene rings is 1. The molecule has 0 amide bonds. The van der Waals surface area contributed by atoms with Crippen molar-refractivity contribution in [1.82, 2.24) is 0 Å². The van der Waals surface area contributed by atoms with Crippen LogP contribution in [0.2, 0.25) is 0 Å². The Hall–Kier alpha value is -1.02. The minimum atomic E-state index is -0.0666. The van der Waals surface area contributed by atoms with Gasteiger partial charge in [0.25, 0.3) is 0 Å². The molecule has 0 saturated heterocycles. The average molecular weight is 138 g/mol. The molecule has 0 atom stereocenters. The van der Waals surface area contributed by atoms with E-state index in [1.54, 1.807) is 19.2 Å². The van der Waals surface area contributed by atoms with Gasteiger partial charge < -0.3 is 10.4 Å². The monoisotopic (exact) mass is 138 g/mol. The van der Waals surface area contributed by atoms with Gasteiger partial charge in [-0.05, 0) is 17.7 Å². The fourth-order valence-corrected chi connectivity index (χ4v) is 0.711. The fourth-order valence-electron chi connectivity index (χ4n) is 0.711. The van der Waals surface area contributed by atoms with Gasteiger partial charge in [-0.25, -0.2) is 0 Å². The lowest BCUT2D eigenvalue weighted by atomic mass is 10.2.